The molecule has 0 bridgehead atoms. The van der Waals surface area contributed by atoms with Gasteiger partial charge in [-0.15, -0.1) is 0 Å². The number of esters is 2. The Kier molecular flexibility index (Phi) is 47.0. The molecule has 10 heteroatoms. The van der Waals surface area contributed by atoms with Crippen molar-refractivity contribution in [1.82, 2.24) is 0 Å². The van der Waals surface area contributed by atoms with Crippen molar-refractivity contribution in [2.45, 2.75) is 264 Å². The fourth-order valence-corrected chi connectivity index (χ4v) is 8.55. The van der Waals surface area contributed by atoms with Gasteiger partial charge in [-0.1, -0.05) is 211 Å². The average Bonchev–Trinajstić information content (AvgIpc) is 3.27. The lowest BCUT2D eigenvalue weighted by atomic mass is 10.1. The van der Waals surface area contributed by atoms with E-state index in [2.05, 4.69) is 50.3 Å². The van der Waals surface area contributed by atoms with Gasteiger partial charge in [-0.25, -0.2) is 4.57 Å². The van der Waals surface area contributed by atoms with Crippen molar-refractivity contribution >= 4 is 19.8 Å². The van der Waals surface area contributed by atoms with Gasteiger partial charge in [0.15, 0.2) is 6.10 Å². The molecule has 0 saturated heterocycles. The summed E-state index contributed by atoms with van der Waals surface area (Å²) in [4.78, 5) is 35.6. The first-order valence-electron chi connectivity index (χ1n) is 27.7. The number of likely N-dealkylation sites (N-methyl/N-ethyl adjacent to an activating group) is 1. The van der Waals surface area contributed by atoms with Crippen molar-refractivity contribution in [3.63, 3.8) is 0 Å². The minimum atomic E-state index is -4.38. The third-order valence-corrected chi connectivity index (χ3v) is 13.1. The monoisotopic (exact) mass is 953 g/mol. The van der Waals surface area contributed by atoms with E-state index < -0.39 is 26.5 Å². The number of phosphoric acid groups is 1. The van der Waals surface area contributed by atoms with Crippen LogP contribution in [-0.2, 0) is 32.7 Å². The van der Waals surface area contributed by atoms with Crippen LogP contribution in [0.15, 0.2) is 36.5 Å². The highest BCUT2D eigenvalue weighted by atomic mass is 31.2. The molecule has 1 N–H and O–H groups in total. The zero-order valence-electron chi connectivity index (χ0n) is 43.9. The number of carbonyl (C=O) groups excluding carboxylic acids is 2. The number of hydrogen-bond donors (Lipinski definition) is 1. The minimum Gasteiger partial charge on any atom is -0.462 e. The van der Waals surface area contributed by atoms with Crippen molar-refractivity contribution in [2.75, 3.05) is 47.5 Å². The third kappa shape index (κ3) is 51.6. The molecule has 0 heterocycles. The molecular formula is C56H107NO8P+. The van der Waals surface area contributed by atoms with Crippen LogP contribution < -0.4 is 0 Å². The van der Waals surface area contributed by atoms with Gasteiger partial charge >= 0.3 is 19.8 Å². The summed E-state index contributed by atoms with van der Waals surface area (Å²) in [5.74, 6) is -0.796. The number of carbonyl (C=O) groups is 2. The zero-order chi connectivity index (χ0) is 48.5. The lowest BCUT2D eigenvalue weighted by Gasteiger charge is -2.24. The highest BCUT2D eigenvalue weighted by molar-refractivity contribution is 7.47. The maximum absolute atomic E-state index is 12.8. The summed E-state index contributed by atoms with van der Waals surface area (Å²) in [5.41, 5.74) is 0. The number of allylic oxidation sites excluding steroid dienone is 6. The Morgan fingerprint density at radius 3 is 1.21 bits per heavy atom. The van der Waals surface area contributed by atoms with E-state index in [9.17, 15) is 19.0 Å². The molecule has 66 heavy (non-hydrogen) atoms. The lowest BCUT2D eigenvalue weighted by molar-refractivity contribution is -0.870. The molecule has 0 aliphatic rings. The predicted octanol–water partition coefficient (Wildman–Crippen LogP) is 16.8. The van der Waals surface area contributed by atoms with Crippen LogP contribution in [0.1, 0.15) is 258 Å². The molecule has 0 amide bonds. The van der Waals surface area contributed by atoms with Crippen LogP contribution in [0.3, 0.4) is 0 Å². The normalized spacial score (nSPS) is 13.6. The molecule has 0 aliphatic carbocycles. The maximum Gasteiger partial charge on any atom is 0.472 e. The molecule has 0 aliphatic heterocycles. The Balaban J connectivity index is 4.20. The van der Waals surface area contributed by atoms with Crippen molar-refractivity contribution < 1.29 is 42.1 Å². The maximum atomic E-state index is 12.8. The molecule has 0 radical (unpaired) electrons. The number of quaternary nitrogens is 1. The molecule has 388 valence electrons. The second-order valence-electron chi connectivity index (χ2n) is 20.0. The SMILES string of the molecule is CCCCCCC/C=C\C/C=C\CCCCCCCCCCCC(=O)OC(COC(=O)CCCCCCCCCCC/C=C\CCCCCCCCCC)COP(=O)(O)OCC[N+](C)(C)C. The van der Waals surface area contributed by atoms with Gasteiger partial charge in [-0.05, 0) is 70.6 Å². The van der Waals surface area contributed by atoms with Crippen LogP contribution in [0.4, 0.5) is 0 Å². The number of unbranched alkanes of at least 4 members (excludes halogenated alkanes) is 31. The number of rotatable bonds is 51. The van der Waals surface area contributed by atoms with E-state index in [1.54, 1.807) is 0 Å². The summed E-state index contributed by atoms with van der Waals surface area (Å²) >= 11 is 0. The van der Waals surface area contributed by atoms with E-state index in [0.29, 0.717) is 17.4 Å². The molecule has 0 aromatic rings. The molecule has 0 saturated carbocycles. The van der Waals surface area contributed by atoms with Crippen LogP contribution in [-0.4, -0.2) is 74.9 Å². The second-order valence-corrected chi connectivity index (χ2v) is 21.4. The van der Waals surface area contributed by atoms with Gasteiger partial charge in [0.05, 0.1) is 27.7 Å². The van der Waals surface area contributed by atoms with E-state index in [1.165, 1.54) is 180 Å². The molecule has 9 nitrogen and oxygen atoms in total. The van der Waals surface area contributed by atoms with Crippen molar-refractivity contribution in [3.8, 4) is 0 Å². The largest absolute Gasteiger partial charge is 0.472 e. The van der Waals surface area contributed by atoms with E-state index in [4.69, 9.17) is 18.5 Å². The number of phosphoric ester groups is 1. The topological polar surface area (TPSA) is 108 Å². The van der Waals surface area contributed by atoms with Crippen molar-refractivity contribution in [2.24, 2.45) is 0 Å². The quantitative estimate of drug-likeness (QED) is 0.0211. The van der Waals surface area contributed by atoms with Gasteiger partial charge in [0.1, 0.15) is 19.8 Å². The second kappa shape index (κ2) is 48.3. The van der Waals surface area contributed by atoms with Gasteiger partial charge in [-0.2, -0.15) is 0 Å². The smallest absolute Gasteiger partial charge is 0.462 e. The van der Waals surface area contributed by atoms with Crippen molar-refractivity contribution in [3.05, 3.63) is 36.5 Å². The Hall–Kier alpha value is -1.77. The van der Waals surface area contributed by atoms with E-state index in [-0.39, 0.29) is 32.0 Å². The number of ether oxygens (including phenoxy) is 2. The van der Waals surface area contributed by atoms with Gasteiger partial charge in [0.2, 0.25) is 0 Å². The first kappa shape index (κ1) is 64.2. The summed E-state index contributed by atoms with van der Waals surface area (Å²) in [6.45, 7) is 4.44. The Morgan fingerprint density at radius 2 is 0.818 bits per heavy atom. The van der Waals surface area contributed by atoms with E-state index in [1.807, 2.05) is 21.1 Å². The zero-order valence-corrected chi connectivity index (χ0v) is 44.8. The fraction of sp³-hybridized carbons (Fsp3) is 0.857. The van der Waals surface area contributed by atoms with E-state index >= 15 is 0 Å². The molecule has 0 aromatic carbocycles. The lowest BCUT2D eigenvalue weighted by Crippen LogP contribution is -2.37. The molecule has 0 spiro atoms. The Labute approximate surface area is 408 Å². The summed E-state index contributed by atoms with van der Waals surface area (Å²) in [7, 11) is 1.48. The average molecular weight is 953 g/mol. The van der Waals surface area contributed by atoms with Gasteiger partial charge in [0, 0.05) is 12.8 Å². The van der Waals surface area contributed by atoms with E-state index in [0.717, 1.165) is 44.9 Å². The first-order chi connectivity index (χ1) is 32.0. The number of nitrogens with zero attached hydrogens (tertiary/aromatic N) is 1. The molecular weight excluding hydrogens is 846 g/mol. The summed E-state index contributed by atoms with van der Waals surface area (Å²) in [6, 6.07) is 0. The minimum absolute atomic E-state index is 0.0310. The van der Waals surface area contributed by atoms with Crippen LogP contribution in [0, 0.1) is 0 Å². The molecule has 0 rings (SSSR count). The third-order valence-electron chi connectivity index (χ3n) is 12.1. The van der Waals surface area contributed by atoms with Crippen molar-refractivity contribution in [1.29, 1.82) is 0 Å². The van der Waals surface area contributed by atoms with Gasteiger partial charge in [0.25, 0.3) is 0 Å². The molecule has 0 fully saturated rings. The predicted molar refractivity (Wildman–Crippen MR) is 280 cm³/mol. The summed E-state index contributed by atoms with van der Waals surface area (Å²) in [6.07, 6.45) is 57.7. The first-order valence-corrected chi connectivity index (χ1v) is 29.2. The summed E-state index contributed by atoms with van der Waals surface area (Å²) < 4.78 is 34.5. The van der Waals surface area contributed by atoms with Crippen LogP contribution in [0.2, 0.25) is 0 Å². The molecule has 0 aromatic heterocycles. The Bertz CT molecular complexity index is 1210. The number of hydrogen-bond acceptors (Lipinski definition) is 7. The fourth-order valence-electron chi connectivity index (χ4n) is 7.81. The van der Waals surface area contributed by atoms with Gasteiger partial charge in [-0.3, -0.25) is 18.6 Å². The molecule has 2 atom stereocenters. The molecule has 2 unspecified atom stereocenters. The highest BCUT2D eigenvalue weighted by Crippen LogP contribution is 2.43. The summed E-state index contributed by atoms with van der Waals surface area (Å²) in [5, 5.41) is 0. The standard InChI is InChI=1S/C56H106NO8P/c1-6-8-10-12-14-16-18-20-22-24-26-28-30-32-34-36-38-40-42-44-46-48-55(58)62-52-54(53-64-66(60,61)63-51-50-57(3,4)5)65-56(59)49-47-45-43-41-39-37-35-33-31-29-27-25-23-21-19-17-15-13-11-9-7-2/h19,21,24-27,54H,6-18,20,22-23,28-53H2,1-5H3/p+1/b21-19-,26-24-,27-25-. The van der Waals surface area contributed by atoms with Crippen LogP contribution in [0.25, 0.3) is 0 Å². The highest BCUT2D eigenvalue weighted by Gasteiger charge is 2.27. The van der Waals surface area contributed by atoms with Crippen LogP contribution in [0.5, 0.6) is 0 Å². The van der Waals surface area contributed by atoms with Crippen LogP contribution >= 0.6 is 7.82 Å². The van der Waals surface area contributed by atoms with Gasteiger partial charge < -0.3 is 18.9 Å². The Morgan fingerprint density at radius 1 is 0.470 bits per heavy atom.